The highest BCUT2D eigenvalue weighted by Crippen LogP contribution is 2.36. The van der Waals surface area contributed by atoms with Gasteiger partial charge in [-0.25, -0.2) is 4.98 Å². The normalized spacial score (nSPS) is 20.7. The van der Waals surface area contributed by atoms with Crippen LogP contribution in [0.4, 0.5) is 5.82 Å². The molecule has 0 spiro atoms. The lowest BCUT2D eigenvalue weighted by Gasteiger charge is -2.33. The number of fused-ring (bicyclic) bond motifs is 1. The zero-order chi connectivity index (χ0) is 17.6. The minimum atomic E-state index is -0.0429. The van der Waals surface area contributed by atoms with Crippen LogP contribution in [0.1, 0.15) is 58.1 Å². The van der Waals surface area contributed by atoms with Crippen LogP contribution >= 0.6 is 12.4 Å². The fraction of sp³-hybridized carbons (Fsp3) is 0.600. The average molecular weight is 377 g/mol. The molecule has 2 aromatic heterocycles. The van der Waals surface area contributed by atoms with Gasteiger partial charge in [0.05, 0.1) is 5.69 Å². The summed E-state index contributed by atoms with van der Waals surface area (Å²) in [5.74, 6) is 2.04. The maximum absolute atomic E-state index is 12.5. The lowest BCUT2D eigenvalue weighted by atomic mass is 9.94. The fourth-order valence-electron chi connectivity index (χ4n) is 3.77. The summed E-state index contributed by atoms with van der Waals surface area (Å²) in [6.45, 7) is 8.22. The molecule has 1 atom stereocenters. The first-order chi connectivity index (χ1) is 11.9. The minimum Gasteiger partial charge on any atom is -0.365 e. The van der Waals surface area contributed by atoms with Crippen LogP contribution in [0.5, 0.6) is 0 Å². The fourth-order valence-corrected chi connectivity index (χ4v) is 3.77. The summed E-state index contributed by atoms with van der Waals surface area (Å²) >= 11 is 0. The number of carbonyl (C=O) groups is 1. The highest BCUT2D eigenvalue weighted by Gasteiger charge is 2.36. The molecule has 142 valence electrons. The van der Waals surface area contributed by atoms with Crippen molar-refractivity contribution in [3.8, 4) is 0 Å². The molecule has 1 unspecified atom stereocenters. The summed E-state index contributed by atoms with van der Waals surface area (Å²) < 4.78 is 2.14. The van der Waals surface area contributed by atoms with E-state index in [9.17, 15) is 4.79 Å². The van der Waals surface area contributed by atoms with Gasteiger partial charge in [0.2, 0.25) is 5.91 Å². The first-order valence-electron chi connectivity index (χ1n) is 9.46. The number of rotatable bonds is 3. The molecule has 1 amide bonds. The van der Waals surface area contributed by atoms with Gasteiger partial charge in [-0.3, -0.25) is 9.20 Å². The molecular formula is C20H29ClN4O. The molecule has 26 heavy (non-hydrogen) atoms. The van der Waals surface area contributed by atoms with E-state index in [-0.39, 0.29) is 17.9 Å². The number of hydrogen-bond acceptors (Lipinski definition) is 3. The van der Waals surface area contributed by atoms with Crippen LogP contribution in [0.25, 0.3) is 5.65 Å². The van der Waals surface area contributed by atoms with Gasteiger partial charge in [0.1, 0.15) is 11.5 Å². The number of imidazole rings is 1. The Kier molecular flexibility index (Phi) is 5.20. The first-order valence-corrected chi connectivity index (χ1v) is 9.46. The summed E-state index contributed by atoms with van der Waals surface area (Å²) in [7, 11) is 0. The second kappa shape index (κ2) is 7.10. The molecule has 5 nitrogen and oxygen atoms in total. The number of nitrogens with zero attached hydrogens (tertiary/aromatic N) is 3. The minimum absolute atomic E-state index is 0. The second-order valence-corrected chi connectivity index (χ2v) is 8.55. The zero-order valence-corrected chi connectivity index (χ0v) is 16.7. The van der Waals surface area contributed by atoms with E-state index in [0.717, 1.165) is 55.9 Å². The number of amides is 1. The molecule has 1 N–H and O–H groups in total. The van der Waals surface area contributed by atoms with Gasteiger partial charge in [-0.2, -0.15) is 0 Å². The Hall–Kier alpha value is -1.75. The molecule has 4 rings (SSSR count). The van der Waals surface area contributed by atoms with Gasteiger partial charge in [0.25, 0.3) is 0 Å². The van der Waals surface area contributed by atoms with E-state index >= 15 is 0 Å². The van der Waals surface area contributed by atoms with Crippen LogP contribution in [0.3, 0.4) is 0 Å². The second-order valence-electron chi connectivity index (χ2n) is 8.55. The van der Waals surface area contributed by atoms with Crippen LogP contribution in [0.2, 0.25) is 0 Å². The van der Waals surface area contributed by atoms with Gasteiger partial charge in [-0.1, -0.05) is 6.07 Å². The number of likely N-dealkylation sites (tertiary alicyclic amines) is 1. The van der Waals surface area contributed by atoms with Gasteiger partial charge in [0.15, 0.2) is 0 Å². The number of aromatic nitrogens is 2. The van der Waals surface area contributed by atoms with Crippen molar-refractivity contribution >= 4 is 29.8 Å². The number of carbonyl (C=O) groups excluding carboxylic acids is 1. The number of hydrogen-bond donors (Lipinski definition) is 1. The molecule has 6 heteroatoms. The topological polar surface area (TPSA) is 49.6 Å². The van der Waals surface area contributed by atoms with E-state index in [4.69, 9.17) is 4.98 Å². The van der Waals surface area contributed by atoms with E-state index in [0.29, 0.717) is 17.7 Å². The Morgan fingerprint density at radius 1 is 1.23 bits per heavy atom. The van der Waals surface area contributed by atoms with Crippen LogP contribution in [0.15, 0.2) is 24.4 Å². The molecule has 1 saturated carbocycles. The van der Waals surface area contributed by atoms with Crippen molar-refractivity contribution in [1.82, 2.24) is 14.3 Å². The molecule has 3 heterocycles. The maximum Gasteiger partial charge on any atom is 0.225 e. The SMILES string of the molecule is CC(C)(C)Nc1c(C2CCCN(C(=O)C3CC3)C2)nc2ccccn12.Cl. The Morgan fingerprint density at radius 3 is 2.69 bits per heavy atom. The summed E-state index contributed by atoms with van der Waals surface area (Å²) in [5.41, 5.74) is 2.03. The van der Waals surface area contributed by atoms with Crippen molar-refractivity contribution in [1.29, 1.82) is 0 Å². The van der Waals surface area contributed by atoms with Crippen molar-refractivity contribution in [3.05, 3.63) is 30.1 Å². The first kappa shape index (κ1) is 19.0. The smallest absolute Gasteiger partial charge is 0.225 e. The van der Waals surface area contributed by atoms with Gasteiger partial charge < -0.3 is 10.2 Å². The predicted octanol–water partition coefficient (Wildman–Crippen LogP) is 4.08. The molecule has 0 aromatic carbocycles. The van der Waals surface area contributed by atoms with Crippen LogP contribution in [-0.2, 0) is 4.79 Å². The largest absolute Gasteiger partial charge is 0.365 e. The summed E-state index contributed by atoms with van der Waals surface area (Å²) in [6.07, 6.45) is 6.37. The third kappa shape index (κ3) is 3.83. The Bertz CT molecular complexity index is 791. The average Bonchev–Trinajstić information content (AvgIpc) is 3.37. The van der Waals surface area contributed by atoms with E-state index in [2.05, 4.69) is 41.6 Å². The van der Waals surface area contributed by atoms with Crippen molar-refractivity contribution in [2.45, 2.75) is 57.9 Å². The monoisotopic (exact) mass is 376 g/mol. The van der Waals surface area contributed by atoms with E-state index in [1.54, 1.807) is 0 Å². The number of piperidine rings is 1. The van der Waals surface area contributed by atoms with Gasteiger partial charge >= 0.3 is 0 Å². The van der Waals surface area contributed by atoms with E-state index in [1.807, 2.05) is 18.2 Å². The molecule has 2 fully saturated rings. The quantitative estimate of drug-likeness (QED) is 0.877. The summed E-state index contributed by atoms with van der Waals surface area (Å²) in [4.78, 5) is 19.5. The Morgan fingerprint density at radius 2 is 2.00 bits per heavy atom. The van der Waals surface area contributed by atoms with Crippen molar-refractivity contribution in [3.63, 3.8) is 0 Å². The predicted molar refractivity (Wildman–Crippen MR) is 107 cm³/mol. The Balaban J connectivity index is 0.00000196. The number of pyridine rings is 1. The number of anilines is 1. The third-order valence-electron chi connectivity index (χ3n) is 5.10. The zero-order valence-electron chi connectivity index (χ0n) is 15.9. The molecule has 0 bridgehead atoms. The standard InChI is InChI=1S/C20H28N4O.ClH/c1-20(2,3)22-18-17(21-16-8-4-5-12-24(16)18)15-7-6-11-23(13-15)19(25)14-9-10-14;/h4-5,8,12,14-15,22H,6-7,9-11,13H2,1-3H3;1H. The molecule has 1 saturated heterocycles. The lowest BCUT2D eigenvalue weighted by Crippen LogP contribution is -2.40. The van der Waals surface area contributed by atoms with Gasteiger partial charge in [-0.15, -0.1) is 12.4 Å². The molecule has 0 radical (unpaired) electrons. The molecule has 1 aliphatic carbocycles. The summed E-state index contributed by atoms with van der Waals surface area (Å²) in [5, 5.41) is 3.65. The third-order valence-corrected chi connectivity index (χ3v) is 5.10. The van der Waals surface area contributed by atoms with Gasteiger partial charge in [-0.05, 0) is 58.6 Å². The van der Waals surface area contributed by atoms with Crippen molar-refractivity contribution in [2.75, 3.05) is 18.4 Å². The molecule has 2 aliphatic rings. The maximum atomic E-state index is 12.5. The van der Waals surface area contributed by atoms with Gasteiger partial charge in [0, 0.05) is 36.7 Å². The molecule has 2 aromatic rings. The van der Waals surface area contributed by atoms with E-state index < -0.39 is 0 Å². The lowest BCUT2D eigenvalue weighted by molar-refractivity contribution is -0.133. The van der Waals surface area contributed by atoms with Crippen LogP contribution in [-0.4, -0.2) is 38.8 Å². The van der Waals surface area contributed by atoms with Crippen LogP contribution in [0, 0.1) is 5.92 Å². The van der Waals surface area contributed by atoms with E-state index in [1.165, 1.54) is 0 Å². The van der Waals surface area contributed by atoms with Crippen molar-refractivity contribution < 1.29 is 4.79 Å². The molecular weight excluding hydrogens is 348 g/mol. The van der Waals surface area contributed by atoms with Crippen LogP contribution < -0.4 is 5.32 Å². The highest BCUT2D eigenvalue weighted by atomic mass is 35.5. The molecule has 1 aliphatic heterocycles. The van der Waals surface area contributed by atoms with Crippen molar-refractivity contribution in [2.24, 2.45) is 5.92 Å². The number of halogens is 1. The summed E-state index contributed by atoms with van der Waals surface area (Å²) in [6, 6.07) is 6.11. The number of nitrogens with one attached hydrogen (secondary N) is 1. The Labute approximate surface area is 161 Å². The highest BCUT2D eigenvalue weighted by molar-refractivity contribution is 5.85.